The van der Waals surface area contributed by atoms with Crippen LogP contribution in [0.5, 0.6) is 0 Å². The first-order chi connectivity index (χ1) is 27.3. The minimum absolute atomic E-state index is 0.0116. The van der Waals surface area contributed by atoms with Gasteiger partial charge >= 0.3 is 0 Å². The highest BCUT2D eigenvalue weighted by molar-refractivity contribution is 5.90. The van der Waals surface area contributed by atoms with E-state index in [0.29, 0.717) is 32.5 Å². The van der Waals surface area contributed by atoms with Crippen molar-refractivity contribution in [2.24, 2.45) is 23.7 Å². The maximum absolute atomic E-state index is 14.3. The number of hydrogen-bond acceptors (Lipinski definition) is 9. The zero-order chi connectivity index (χ0) is 43.9. The summed E-state index contributed by atoms with van der Waals surface area (Å²) in [5.41, 5.74) is 0.920. The standard InChI is InChI=1S/C44H77N7O7/c1-15-30(6)39(50(12)44(56)37(28(2)3)47-43(55)38(29(4)5)49(10)11)35(57-13)27-36(52)51-24-19-22-34(51)40(58-14)31(7)41(53)46-33(26-32-20-17-16-18-21-32)42(54)45-23-25-48(8)9/h16-18,20-21,28-31,33-35,37-40H,15,19,22-27H2,1-14H3,(H,45,54)(H,46,53)(H,47,55)/t30-,31+,33-,34-,35+,37-,38-,39-,40+/m0/s1. The fraction of sp³-hybridized carbons (Fsp3) is 0.750. The van der Waals surface area contributed by atoms with Gasteiger partial charge in [-0.05, 0) is 64.3 Å². The summed E-state index contributed by atoms with van der Waals surface area (Å²) < 4.78 is 12.0. The Morgan fingerprint density at radius 1 is 0.845 bits per heavy atom. The molecule has 0 bridgehead atoms. The normalized spacial score (nSPS) is 18.7. The number of likely N-dealkylation sites (tertiary alicyclic amines) is 1. The van der Waals surface area contributed by atoms with Gasteiger partial charge in [0.15, 0.2) is 0 Å². The van der Waals surface area contributed by atoms with E-state index in [1.807, 2.05) is 110 Å². The molecular formula is C44H77N7O7. The highest BCUT2D eigenvalue weighted by atomic mass is 16.5. The van der Waals surface area contributed by atoms with Crippen LogP contribution in [-0.2, 0) is 39.9 Å². The van der Waals surface area contributed by atoms with Gasteiger partial charge in [-0.1, -0.05) is 85.2 Å². The van der Waals surface area contributed by atoms with Crippen molar-refractivity contribution in [3.05, 3.63) is 35.9 Å². The number of nitrogens with one attached hydrogen (secondary N) is 3. The van der Waals surface area contributed by atoms with Gasteiger partial charge in [0.25, 0.3) is 0 Å². The van der Waals surface area contributed by atoms with E-state index in [1.54, 1.807) is 38.0 Å². The van der Waals surface area contributed by atoms with E-state index < -0.39 is 42.3 Å². The van der Waals surface area contributed by atoms with E-state index in [-0.39, 0.29) is 59.8 Å². The fourth-order valence-electron chi connectivity index (χ4n) is 8.30. The quantitative estimate of drug-likeness (QED) is 0.143. The van der Waals surface area contributed by atoms with Crippen LogP contribution in [0.1, 0.15) is 79.7 Å². The minimum atomic E-state index is -0.800. The molecule has 0 unspecified atom stereocenters. The lowest BCUT2D eigenvalue weighted by molar-refractivity contribution is -0.148. The van der Waals surface area contributed by atoms with Crippen LogP contribution < -0.4 is 16.0 Å². The van der Waals surface area contributed by atoms with Crippen LogP contribution in [0.2, 0.25) is 0 Å². The second-order valence-corrected chi connectivity index (χ2v) is 17.3. The Balaban J connectivity index is 2.30. The third-order valence-corrected chi connectivity index (χ3v) is 11.7. The Bertz CT molecular complexity index is 1430. The van der Waals surface area contributed by atoms with Crippen LogP contribution in [0.4, 0.5) is 0 Å². The number of nitrogens with zero attached hydrogens (tertiary/aromatic N) is 4. The molecule has 0 radical (unpaired) electrons. The van der Waals surface area contributed by atoms with Gasteiger partial charge in [-0.25, -0.2) is 0 Å². The molecule has 330 valence electrons. The number of ether oxygens (including phenoxy) is 2. The van der Waals surface area contributed by atoms with Crippen molar-refractivity contribution >= 4 is 29.5 Å². The first kappa shape index (κ1) is 50.6. The van der Waals surface area contributed by atoms with E-state index in [9.17, 15) is 24.0 Å². The second-order valence-electron chi connectivity index (χ2n) is 17.3. The molecule has 58 heavy (non-hydrogen) atoms. The molecule has 5 amide bonds. The molecule has 3 N–H and O–H groups in total. The number of carbonyl (C=O) groups is 5. The zero-order valence-electron chi connectivity index (χ0n) is 38.0. The summed E-state index contributed by atoms with van der Waals surface area (Å²) in [6, 6.07) is 6.75. The van der Waals surface area contributed by atoms with E-state index in [0.717, 1.165) is 18.4 Å². The molecule has 1 aliphatic heterocycles. The number of rotatable bonds is 24. The van der Waals surface area contributed by atoms with Crippen LogP contribution in [-0.4, -0.2) is 161 Å². The third kappa shape index (κ3) is 14.3. The monoisotopic (exact) mass is 816 g/mol. The Labute approximate surface area is 349 Å². The summed E-state index contributed by atoms with van der Waals surface area (Å²) in [6.45, 7) is 15.2. The smallest absolute Gasteiger partial charge is 0.245 e. The topological polar surface area (TPSA) is 153 Å². The largest absolute Gasteiger partial charge is 0.379 e. The van der Waals surface area contributed by atoms with Gasteiger partial charge in [0.2, 0.25) is 29.5 Å². The van der Waals surface area contributed by atoms with Gasteiger partial charge in [-0.2, -0.15) is 0 Å². The summed E-state index contributed by atoms with van der Waals surface area (Å²) in [5.74, 6) is -2.05. The lowest BCUT2D eigenvalue weighted by Crippen LogP contribution is -2.59. The molecule has 14 nitrogen and oxygen atoms in total. The molecule has 0 aliphatic carbocycles. The molecule has 1 aromatic rings. The maximum Gasteiger partial charge on any atom is 0.245 e. The average Bonchev–Trinajstić information content (AvgIpc) is 3.65. The van der Waals surface area contributed by atoms with E-state index >= 15 is 0 Å². The lowest BCUT2D eigenvalue weighted by atomic mass is 9.89. The molecule has 2 rings (SSSR count). The van der Waals surface area contributed by atoms with E-state index in [1.165, 1.54) is 0 Å². The van der Waals surface area contributed by atoms with Crippen molar-refractivity contribution in [2.75, 3.05) is 69.1 Å². The highest BCUT2D eigenvalue weighted by Gasteiger charge is 2.43. The van der Waals surface area contributed by atoms with Crippen molar-refractivity contribution in [1.29, 1.82) is 0 Å². The number of likely N-dealkylation sites (N-methyl/N-ethyl adjacent to an activating group) is 3. The molecule has 1 saturated heterocycles. The number of methoxy groups -OCH3 is 2. The van der Waals surface area contributed by atoms with Crippen molar-refractivity contribution in [3.63, 3.8) is 0 Å². The molecule has 0 saturated carbocycles. The van der Waals surface area contributed by atoms with Gasteiger partial charge in [0, 0.05) is 47.3 Å². The molecule has 9 atom stereocenters. The van der Waals surface area contributed by atoms with Gasteiger partial charge in [0.05, 0.1) is 42.7 Å². The number of carbonyl (C=O) groups excluding carboxylic acids is 5. The molecule has 14 heteroatoms. The van der Waals surface area contributed by atoms with E-state index in [2.05, 4.69) is 16.0 Å². The molecule has 0 spiro atoms. The fourth-order valence-corrected chi connectivity index (χ4v) is 8.30. The van der Waals surface area contributed by atoms with Gasteiger partial charge < -0.3 is 40.1 Å². The SMILES string of the molecule is CC[C@H](C)[C@@H]([C@@H](CC(=O)N1CCC[C@H]1[C@H](OC)[C@@H](C)C(=O)N[C@@H](Cc1ccccc1)C(=O)NCCN(C)C)OC)N(C)C(=O)[C@@H](NC(=O)[C@H](C(C)C)N(C)C)C(C)C. The Morgan fingerprint density at radius 3 is 2.00 bits per heavy atom. The molecule has 1 fully saturated rings. The van der Waals surface area contributed by atoms with Crippen LogP contribution in [0.15, 0.2) is 30.3 Å². The van der Waals surface area contributed by atoms with Gasteiger partial charge in [-0.15, -0.1) is 0 Å². The Kier molecular flexibility index (Phi) is 21.3. The predicted molar refractivity (Wildman–Crippen MR) is 229 cm³/mol. The van der Waals surface area contributed by atoms with Crippen LogP contribution in [0.25, 0.3) is 0 Å². The van der Waals surface area contributed by atoms with Crippen molar-refractivity contribution in [2.45, 2.75) is 123 Å². The first-order valence-electron chi connectivity index (χ1n) is 21.2. The number of hydrogen-bond donors (Lipinski definition) is 3. The molecule has 0 aromatic heterocycles. The molecule has 1 aliphatic rings. The summed E-state index contributed by atoms with van der Waals surface area (Å²) in [5, 5.41) is 8.99. The first-order valence-corrected chi connectivity index (χ1v) is 21.2. The molecule has 1 heterocycles. The van der Waals surface area contributed by atoms with E-state index in [4.69, 9.17) is 9.47 Å². The second kappa shape index (κ2) is 24.5. The number of amides is 5. The third-order valence-electron chi connectivity index (χ3n) is 11.7. The van der Waals surface area contributed by atoms with Crippen molar-refractivity contribution < 1.29 is 33.4 Å². The lowest BCUT2D eigenvalue weighted by Gasteiger charge is -2.41. The highest BCUT2D eigenvalue weighted by Crippen LogP contribution is 2.30. The maximum atomic E-state index is 14.3. The Morgan fingerprint density at radius 2 is 1.48 bits per heavy atom. The summed E-state index contributed by atoms with van der Waals surface area (Å²) in [6.07, 6.45) is 1.17. The molecular weight excluding hydrogens is 739 g/mol. The van der Waals surface area contributed by atoms with Gasteiger partial charge in [-0.3, -0.25) is 28.9 Å². The van der Waals surface area contributed by atoms with Crippen LogP contribution >= 0.6 is 0 Å². The number of benzene rings is 1. The van der Waals surface area contributed by atoms with Crippen LogP contribution in [0, 0.1) is 23.7 Å². The zero-order valence-corrected chi connectivity index (χ0v) is 38.0. The average molecular weight is 816 g/mol. The predicted octanol–water partition coefficient (Wildman–Crippen LogP) is 3.04. The summed E-state index contributed by atoms with van der Waals surface area (Å²) in [4.78, 5) is 76.7. The van der Waals surface area contributed by atoms with Crippen molar-refractivity contribution in [1.82, 2.24) is 35.6 Å². The summed E-state index contributed by atoms with van der Waals surface area (Å²) >= 11 is 0. The minimum Gasteiger partial charge on any atom is -0.379 e. The van der Waals surface area contributed by atoms with Gasteiger partial charge in [0.1, 0.15) is 12.1 Å². The summed E-state index contributed by atoms with van der Waals surface area (Å²) in [7, 11) is 12.4. The molecule has 1 aromatic carbocycles. The van der Waals surface area contributed by atoms with Crippen molar-refractivity contribution in [3.8, 4) is 0 Å². The van der Waals surface area contributed by atoms with Crippen LogP contribution in [0.3, 0.4) is 0 Å². The Hall–Kier alpha value is -3.59.